The Morgan fingerprint density at radius 3 is 2.50 bits per heavy atom. The second-order valence-electron chi connectivity index (χ2n) is 3.25. The van der Waals surface area contributed by atoms with Crippen molar-refractivity contribution in [3.8, 4) is 0 Å². The maximum atomic E-state index is 3.58. The highest BCUT2D eigenvalue weighted by Gasteiger charge is 2.04. The largest absolute Gasteiger partial charge is 0.313 e. The summed E-state index contributed by atoms with van der Waals surface area (Å²) >= 11 is 1.95. The minimum Gasteiger partial charge on any atom is -0.313 e. The minimum absolute atomic E-state index is 0.750. The number of rotatable bonds is 8. The molecule has 0 aromatic rings. The van der Waals surface area contributed by atoms with E-state index in [9.17, 15) is 0 Å². The van der Waals surface area contributed by atoms with E-state index in [2.05, 4.69) is 25.4 Å². The summed E-state index contributed by atoms with van der Waals surface area (Å²) < 4.78 is 0. The van der Waals surface area contributed by atoms with E-state index >= 15 is 0 Å². The van der Waals surface area contributed by atoms with Gasteiger partial charge < -0.3 is 5.32 Å². The van der Waals surface area contributed by atoms with E-state index in [-0.39, 0.29) is 0 Å². The van der Waals surface area contributed by atoms with Gasteiger partial charge in [0.2, 0.25) is 0 Å². The Balaban J connectivity index is 3.40. The molecule has 0 spiro atoms. The van der Waals surface area contributed by atoms with Crippen molar-refractivity contribution in [2.45, 2.75) is 45.6 Å². The maximum absolute atomic E-state index is 3.58. The summed E-state index contributed by atoms with van der Waals surface area (Å²) in [6.45, 7) is 5.66. The molecule has 74 valence electrons. The lowest BCUT2D eigenvalue weighted by molar-refractivity contribution is 0.501. The Bertz CT molecular complexity index is 77.9. The first-order chi connectivity index (χ1) is 5.85. The molecule has 1 atom stereocenters. The lowest BCUT2D eigenvalue weighted by Crippen LogP contribution is -2.31. The Labute approximate surface area is 81.7 Å². The lowest BCUT2D eigenvalue weighted by atomic mass is 10.1. The van der Waals surface area contributed by atoms with E-state index in [1.165, 1.54) is 38.0 Å². The minimum atomic E-state index is 0.750. The van der Waals surface area contributed by atoms with Gasteiger partial charge in [0.05, 0.1) is 0 Å². The normalized spacial score (nSPS) is 13.2. The third-order valence-electron chi connectivity index (χ3n) is 1.96. The summed E-state index contributed by atoms with van der Waals surface area (Å²) in [6, 6.07) is 0.750. The molecule has 2 heteroatoms. The fourth-order valence-corrected chi connectivity index (χ4v) is 1.93. The number of thioether (sulfide) groups is 1. The van der Waals surface area contributed by atoms with Gasteiger partial charge in [-0.05, 0) is 25.6 Å². The molecule has 0 aliphatic carbocycles. The van der Waals surface area contributed by atoms with E-state index in [1.54, 1.807) is 0 Å². The number of nitrogens with one attached hydrogen (secondary N) is 1. The van der Waals surface area contributed by atoms with Crippen molar-refractivity contribution in [3.05, 3.63) is 0 Å². The van der Waals surface area contributed by atoms with Crippen molar-refractivity contribution in [3.63, 3.8) is 0 Å². The molecule has 1 unspecified atom stereocenters. The van der Waals surface area contributed by atoms with Gasteiger partial charge in [0.25, 0.3) is 0 Å². The molecule has 0 bridgehead atoms. The SMILES string of the molecule is CCCCC(CSC)NCCC. The number of unbranched alkanes of at least 4 members (excludes halogenated alkanes) is 1. The van der Waals surface area contributed by atoms with Crippen molar-refractivity contribution in [1.29, 1.82) is 0 Å². The molecule has 0 fully saturated rings. The Kier molecular flexibility index (Phi) is 9.64. The first-order valence-electron chi connectivity index (χ1n) is 5.07. The zero-order chi connectivity index (χ0) is 9.23. The average molecular weight is 189 g/mol. The van der Waals surface area contributed by atoms with Crippen LogP contribution in [0.4, 0.5) is 0 Å². The van der Waals surface area contributed by atoms with E-state index in [0.29, 0.717) is 0 Å². The first kappa shape index (κ1) is 12.3. The van der Waals surface area contributed by atoms with Crippen molar-refractivity contribution in [2.75, 3.05) is 18.6 Å². The monoisotopic (exact) mass is 189 g/mol. The van der Waals surface area contributed by atoms with Crippen LogP contribution in [0.15, 0.2) is 0 Å². The smallest absolute Gasteiger partial charge is 0.0158 e. The van der Waals surface area contributed by atoms with Gasteiger partial charge in [-0.2, -0.15) is 11.8 Å². The predicted molar refractivity (Wildman–Crippen MR) is 60.0 cm³/mol. The van der Waals surface area contributed by atoms with Gasteiger partial charge in [-0.25, -0.2) is 0 Å². The fraction of sp³-hybridized carbons (Fsp3) is 1.00. The van der Waals surface area contributed by atoms with Gasteiger partial charge in [0.1, 0.15) is 0 Å². The molecule has 0 saturated heterocycles. The Morgan fingerprint density at radius 2 is 2.00 bits per heavy atom. The molecule has 1 nitrogen and oxygen atoms in total. The van der Waals surface area contributed by atoms with Crippen LogP contribution in [0.2, 0.25) is 0 Å². The van der Waals surface area contributed by atoms with Crippen molar-refractivity contribution >= 4 is 11.8 Å². The molecule has 1 N–H and O–H groups in total. The van der Waals surface area contributed by atoms with Gasteiger partial charge in [-0.3, -0.25) is 0 Å². The van der Waals surface area contributed by atoms with Crippen LogP contribution in [0.25, 0.3) is 0 Å². The quantitative estimate of drug-likeness (QED) is 0.630. The van der Waals surface area contributed by atoms with Crippen LogP contribution >= 0.6 is 11.8 Å². The summed E-state index contributed by atoms with van der Waals surface area (Å²) in [6.07, 6.45) is 7.46. The third-order valence-corrected chi connectivity index (χ3v) is 2.69. The molecule has 0 aromatic carbocycles. The van der Waals surface area contributed by atoms with E-state index in [4.69, 9.17) is 0 Å². The Hall–Kier alpha value is 0.310. The van der Waals surface area contributed by atoms with Crippen LogP contribution in [-0.2, 0) is 0 Å². The van der Waals surface area contributed by atoms with Crippen LogP contribution in [-0.4, -0.2) is 24.6 Å². The topological polar surface area (TPSA) is 12.0 Å². The summed E-state index contributed by atoms with van der Waals surface area (Å²) in [5.41, 5.74) is 0. The molecule has 0 rings (SSSR count). The van der Waals surface area contributed by atoms with Gasteiger partial charge in [-0.1, -0.05) is 26.7 Å². The molecule has 0 heterocycles. The Morgan fingerprint density at radius 1 is 1.25 bits per heavy atom. The van der Waals surface area contributed by atoms with Gasteiger partial charge in [0.15, 0.2) is 0 Å². The molecule has 0 radical (unpaired) electrons. The standard InChI is InChI=1S/C10H23NS/c1-4-6-7-10(9-12-3)11-8-5-2/h10-11H,4-9H2,1-3H3. The van der Waals surface area contributed by atoms with Gasteiger partial charge in [-0.15, -0.1) is 0 Å². The average Bonchev–Trinajstić information content (AvgIpc) is 2.10. The zero-order valence-electron chi connectivity index (χ0n) is 8.73. The van der Waals surface area contributed by atoms with Crippen molar-refractivity contribution < 1.29 is 0 Å². The van der Waals surface area contributed by atoms with E-state index in [0.717, 1.165) is 6.04 Å². The molecule has 0 saturated carbocycles. The van der Waals surface area contributed by atoms with Crippen LogP contribution in [0.1, 0.15) is 39.5 Å². The molecule has 0 aliphatic heterocycles. The van der Waals surface area contributed by atoms with Gasteiger partial charge >= 0.3 is 0 Å². The van der Waals surface area contributed by atoms with E-state index < -0.39 is 0 Å². The van der Waals surface area contributed by atoms with Crippen molar-refractivity contribution in [1.82, 2.24) is 5.32 Å². The lowest BCUT2D eigenvalue weighted by Gasteiger charge is -2.16. The second kappa shape index (κ2) is 9.40. The zero-order valence-corrected chi connectivity index (χ0v) is 9.54. The first-order valence-corrected chi connectivity index (χ1v) is 6.46. The third kappa shape index (κ3) is 6.99. The van der Waals surface area contributed by atoms with Crippen molar-refractivity contribution in [2.24, 2.45) is 0 Å². The van der Waals surface area contributed by atoms with Crippen LogP contribution in [0, 0.1) is 0 Å². The van der Waals surface area contributed by atoms with Crippen LogP contribution in [0.5, 0.6) is 0 Å². The highest BCUT2D eigenvalue weighted by molar-refractivity contribution is 7.98. The maximum Gasteiger partial charge on any atom is 0.0158 e. The number of hydrogen-bond donors (Lipinski definition) is 1. The molecule has 0 aromatic heterocycles. The summed E-state index contributed by atoms with van der Waals surface area (Å²) in [5.74, 6) is 1.26. The molecule has 12 heavy (non-hydrogen) atoms. The number of hydrogen-bond acceptors (Lipinski definition) is 2. The highest BCUT2D eigenvalue weighted by Crippen LogP contribution is 2.05. The summed E-state index contributed by atoms with van der Waals surface area (Å²) in [5, 5.41) is 3.58. The summed E-state index contributed by atoms with van der Waals surface area (Å²) in [7, 11) is 0. The van der Waals surface area contributed by atoms with Gasteiger partial charge in [0, 0.05) is 11.8 Å². The van der Waals surface area contributed by atoms with Crippen LogP contribution in [0.3, 0.4) is 0 Å². The second-order valence-corrected chi connectivity index (χ2v) is 4.16. The van der Waals surface area contributed by atoms with Crippen LogP contribution < -0.4 is 5.32 Å². The van der Waals surface area contributed by atoms with E-state index in [1.807, 2.05) is 11.8 Å². The molecule has 0 amide bonds. The molecule has 0 aliphatic rings. The fourth-order valence-electron chi connectivity index (χ4n) is 1.24. The molecular formula is C10H23NS. The highest BCUT2D eigenvalue weighted by atomic mass is 32.2. The predicted octanol–water partition coefficient (Wildman–Crippen LogP) is 2.91. The summed E-state index contributed by atoms with van der Waals surface area (Å²) in [4.78, 5) is 0. The molecular weight excluding hydrogens is 166 g/mol.